The van der Waals surface area contributed by atoms with Crippen LogP contribution in [0.4, 0.5) is 0 Å². The van der Waals surface area contributed by atoms with Gasteiger partial charge in [-0.05, 0) is 36.8 Å². The van der Waals surface area contributed by atoms with Crippen molar-refractivity contribution in [1.29, 1.82) is 0 Å². The van der Waals surface area contributed by atoms with Crippen molar-refractivity contribution in [3.8, 4) is 0 Å². The maximum Gasteiger partial charge on any atom is 0.317 e. The van der Waals surface area contributed by atoms with Crippen molar-refractivity contribution >= 4 is 28.7 Å². The van der Waals surface area contributed by atoms with E-state index in [1.165, 1.54) is 9.13 Å². The Balaban J connectivity index is 1.38. The molecule has 0 aliphatic heterocycles. The predicted octanol–water partition coefficient (Wildman–Crippen LogP) is 2.44. The largest absolute Gasteiger partial charge is 0.351 e. The van der Waals surface area contributed by atoms with Crippen LogP contribution in [0.5, 0.6) is 0 Å². The van der Waals surface area contributed by atoms with E-state index in [4.69, 9.17) is 0 Å². The first-order chi connectivity index (χ1) is 16.0. The highest BCUT2D eigenvalue weighted by Gasteiger charge is 2.12. The molecular weight excluding hydrogens is 438 g/mol. The highest BCUT2D eigenvalue weighted by atomic mass is 32.2. The number of hydrogen-bond acceptors (Lipinski definition) is 5. The Hall–Kier alpha value is -3.59. The van der Waals surface area contributed by atoms with Crippen LogP contribution >= 0.6 is 11.8 Å². The van der Waals surface area contributed by atoms with Gasteiger partial charge in [-0.1, -0.05) is 24.3 Å². The zero-order valence-electron chi connectivity index (χ0n) is 18.5. The minimum Gasteiger partial charge on any atom is -0.351 e. The predicted molar refractivity (Wildman–Crippen MR) is 131 cm³/mol. The summed E-state index contributed by atoms with van der Waals surface area (Å²) in [6.07, 6.45) is 1.69. The summed E-state index contributed by atoms with van der Waals surface area (Å²) in [5.41, 5.74) is 3.73. The van der Waals surface area contributed by atoms with Crippen LogP contribution in [0.25, 0.3) is 11.0 Å². The van der Waals surface area contributed by atoms with E-state index in [9.17, 15) is 14.4 Å². The van der Waals surface area contributed by atoms with Crippen molar-refractivity contribution in [1.82, 2.24) is 24.4 Å². The number of carbonyl (C=O) groups excluding carboxylic acids is 1. The normalized spacial score (nSPS) is 11.1. The van der Waals surface area contributed by atoms with E-state index >= 15 is 0 Å². The first-order valence-electron chi connectivity index (χ1n) is 10.6. The number of aromatic amines is 1. The second-order valence-corrected chi connectivity index (χ2v) is 8.83. The summed E-state index contributed by atoms with van der Waals surface area (Å²) < 4.78 is 2.85. The van der Waals surface area contributed by atoms with Crippen molar-refractivity contribution < 1.29 is 4.79 Å². The molecule has 0 atom stereocenters. The SMILES string of the molecule is Cc1[nH]cnc1CSCCNC(=O)c1ccc(Cn2c(=O)c(=O)n(C)c3ccccc32)cc1. The van der Waals surface area contributed by atoms with Crippen LogP contribution in [0.2, 0.25) is 0 Å². The monoisotopic (exact) mass is 463 g/mol. The van der Waals surface area contributed by atoms with Gasteiger partial charge in [0.1, 0.15) is 0 Å². The maximum absolute atomic E-state index is 12.6. The first-order valence-corrected chi connectivity index (χ1v) is 11.7. The van der Waals surface area contributed by atoms with Gasteiger partial charge in [0.2, 0.25) is 0 Å². The van der Waals surface area contributed by atoms with E-state index in [0.29, 0.717) is 23.1 Å². The zero-order valence-corrected chi connectivity index (χ0v) is 19.3. The Morgan fingerprint density at radius 2 is 1.79 bits per heavy atom. The fourth-order valence-corrected chi connectivity index (χ4v) is 4.47. The second kappa shape index (κ2) is 9.91. The Labute approximate surface area is 194 Å². The van der Waals surface area contributed by atoms with E-state index in [0.717, 1.165) is 28.5 Å². The molecule has 0 saturated carbocycles. The lowest BCUT2D eigenvalue weighted by atomic mass is 10.1. The van der Waals surface area contributed by atoms with Crippen molar-refractivity contribution in [2.24, 2.45) is 7.05 Å². The van der Waals surface area contributed by atoms with Gasteiger partial charge in [-0.2, -0.15) is 11.8 Å². The smallest absolute Gasteiger partial charge is 0.317 e. The molecule has 2 heterocycles. The Kier molecular flexibility index (Phi) is 6.79. The molecule has 170 valence electrons. The van der Waals surface area contributed by atoms with Crippen LogP contribution in [0.1, 0.15) is 27.3 Å². The number of H-pyrrole nitrogens is 1. The maximum atomic E-state index is 12.6. The van der Waals surface area contributed by atoms with Gasteiger partial charge in [0.25, 0.3) is 5.91 Å². The number of fused-ring (bicyclic) bond motifs is 1. The summed E-state index contributed by atoms with van der Waals surface area (Å²) in [5.74, 6) is 1.44. The Morgan fingerprint density at radius 1 is 1.06 bits per heavy atom. The molecule has 9 heteroatoms. The van der Waals surface area contributed by atoms with Gasteiger partial charge in [0.05, 0.1) is 29.6 Å². The molecule has 4 rings (SSSR count). The molecule has 0 aliphatic rings. The minimum absolute atomic E-state index is 0.144. The number of aryl methyl sites for hydroxylation is 2. The number of carbonyl (C=O) groups is 1. The van der Waals surface area contributed by atoms with Crippen molar-refractivity contribution in [3.63, 3.8) is 0 Å². The number of rotatable bonds is 8. The summed E-state index contributed by atoms with van der Waals surface area (Å²) in [7, 11) is 1.60. The number of benzene rings is 2. The molecule has 33 heavy (non-hydrogen) atoms. The van der Waals surface area contributed by atoms with Gasteiger partial charge in [-0.15, -0.1) is 0 Å². The molecule has 8 nitrogen and oxygen atoms in total. The molecule has 0 spiro atoms. The number of amides is 1. The van der Waals surface area contributed by atoms with E-state index < -0.39 is 11.1 Å². The summed E-state index contributed by atoms with van der Waals surface area (Å²) in [6, 6.07) is 14.4. The molecule has 0 unspecified atom stereocenters. The van der Waals surface area contributed by atoms with Crippen LogP contribution in [-0.4, -0.2) is 37.3 Å². The Morgan fingerprint density at radius 3 is 2.48 bits per heavy atom. The van der Waals surface area contributed by atoms with Gasteiger partial charge in [-0.25, -0.2) is 4.98 Å². The average Bonchev–Trinajstić information content (AvgIpc) is 3.25. The highest BCUT2D eigenvalue weighted by molar-refractivity contribution is 7.98. The number of nitrogens with one attached hydrogen (secondary N) is 2. The third-order valence-electron chi connectivity index (χ3n) is 5.53. The second-order valence-electron chi connectivity index (χ2n) is 7.72. The van der Waals surface area contributed by atoms with Crippen molar-refractivity contribution in [2.45, 2.75) is 19.2 Å². The number of nitrogens with zero attached hydrogens (tertiary/aromatic N) is 3. The van der Waals surface area contributed by atoms with E-state index in [2.05, 4.69) is 15.3 Å². The lowest BCUT2D eigenvalue weighted by Crippen LogP contribution is -2.40. The van der Waals surface area contributed by atoms with Crippen molar-refractivity contribution in [2.75, 3.05) is 12.3 Å². The number of aromatic nitrogens is 4. The summed E-state index contributed by atoms with van der Waals surface area (Å²) >= 11 is 1.71. The molecule has 0 bridgehead atoms. The number of hydrogen-bond donors (Lipinski definition) is 2. The van der Waals surface area contributed by atoms with Gasteiger partial charge >= 0.3 is 11.1 Å². The van der Waals surface area contributed by atoms with Crippen LogP contribution in [0, 0.1) is 6.92 Å². The third-order valence-corrected chi connectivity index (χ3v) is 6.50. The number of para-hydroxylation sites is 2. The van der Waals surface area contributed by atoms with Gasteiger partial charge in [-0.3, -0.25) is 19.0 Å². The van der Waals surface area contributed by atoms with Crippen LogP contribution in [0.3, 0.4) is 0 Å². The number of imidazole rings is 1. The molecular formula is C24H25N5O3S. The topological polar surface area (TPSA) is 102 Å². The van der Waals surface area contributed by atoms with E-state index in [1.54, 1.807) is 37.3 Å². The number of thioether (sulfide) groups is 1. The summed E-state index contributed by atoms with van der Waals surface area (Å²) in [5, 5.41) is 2.92. The summed E-state index contributed by atoms with van der Waals surface area (Å²) in [4.78, 5) is 44.7. The fraction of sp³-hybridized carbons (Fsp3) is 0.250. The van der Waals surface area contributed by atoms with Crippen LogP contribution in [0.15, 0.2) is 64.4 Å². The van der Waals surface area contributed by atoms with Crippen LogP contribution in [-0.2, 0) is 19.3 Å². The average molecular weight is 464 g/mol. The lowest BCUT2D eigenvalue weighted by molar-refractivity contribution is 0.0956. The zero-order chi connectivity index (χ0) is 23.4. The minimum atomic E-state index is -0.569. The highest BCUT2D eigenvalue weighted by Crippen LogP contribution is 2.13. The van der Waals surface area contributed by atoms with Gasteiger partial charge in [0.15, 0.2) is 0 Å². The summed E-state index contributed by atoms with van der Waals surface area (Å²) in [6.45, 7) is 2.80. The van der Waals surface area contributed by atoms with Crippen molar-refractivity contribution in [3.05, 3.63) is 98.1 Å². The molecule has 0 saturated heterocycles. The molecule has 0 aliphatic carbocycles. The molecule has 2 aromatic heterocycles. The molecule has 0 radical (unpaired) electrons. The fourth-order valence-electron chi connectivity index (χ4n) is 3.60. The van der Waals surface area contributed by atoms with E-state index in [1.807, 2.05) is 43.3 Å². The van der Waals surface area contributed by atoms with Gasteiger partial charge in [0, 0.05) is 36.4 Å². The standard InChI is InChI=1S/C24H25N5O3S/c1-16-19(27-15-26-16)14-33-12-11-25-22(30)18-9-7-17(8-10-18)13-29-21-6-4-3-5-20(21)28(2)23(31)24(29)32/h3-10,15H,11-14H2,1-2H3,(H,25,30)(H,26,27). The van der Waals surface area contributed by atoms with Crippen LogP contribution < -0.4 is 16.4 Å². The molecule has 1 amide bonds. The molecule has 0 fully saturated rings. The quantitative estimate of drug-likeness (QED) is 0.309. The molecule has 2 N–H and O–H groups in total. The third kappa shape index (κ3) is 4.93. The molecule has 4 aromatic rings. The Bertz CT molecular complexity index is 1400. The van der Waals surface area contributed by atoms with E-state index in [-0.39, 0.29) is 12.5 Å². The first kappa shape index (κ1) is 22.6. The molecule has 2 aromatic carbocycles. The van der Waals surface area contributed by atoms with Gasteiger partial charge < -0.3 is 14.9 Å². The lowest BCUT2D eigenvalue weighted by Gasteiger charge is -2.13.